The molecule has 0 unspecified atom stereocenters. The molecule has 0 atom stereocenters. The van der Waals surface area contributed by atoms with Gasteiger partial charge in [-0.25, -0.2) is 4.79 Å². The van der Waals surface area contributed by atoms with Crippen molar-refractivity contribution < 1.29 is 9.53 Å². The molecule has 1 aliphatic heterocycles. The number of hydrogen-bond donors (Lipinski definition) is 1. The van der Waals surface area contributed by atoms with E-state index in [4.69, 9.17) is 4.74 Å². The summed E-state index contributed by atoms with van der Waals surface area (Å²) in [6.07, 6.45) is 1.06. The van der Waals surface area contributed by atoms with Crippen LogP contribution < -0.4 is 15.0 Å². The number of rotatable bonds is 4. The quantitative estimate of drug-likeness (QED) is 0.934. The van der Waals surface area contributed by atoms with Crippen LogP contribution in [0.1, 0.15) is 25.0 Å². The largest absolute Gasteiger partial charge is 0.491 e. The molecule has 0 spiro atoms. The van der Waals surface area contributed by atoms with Crippen LogP contribution in [0.5, 0.6) is 5.75 Å². The lowest BCUT2D eigenvalue weighted by Gasteiger charge is -2.18. The molecular formula is C19H22N2O2. The lowest BCUT2D eigenvalue weighted by Crippen LogP contribution is -2.38. The van der Waals surface area contributed by atoms with E-state index in [2.05, 4.69) is 11.4 Å². The number of ether oxygens (including phenoxy) is 1. The fourth-order valence-electron chi connectivity index (χ4n) is 2.82. The zero-order valence-electron chi connectivity index (χ0n) is 13.6. The van der Waals surface area contributed by atoms with Gasteiger partial charge in [0.1, 0.15) is 5.75 Å². The van der Waals surface area contributed by atoms with Crippen LogP contribution in [0.4, 0.5) is 10.5 Å². The van der Waals surface area contributed by atoms with Crippen molar-refractivity contribution in [2.75, 3.05) is 11.4 Å². The zero-order chi connectivity index (χ0) is 16.2. The van der Waals surface area contributed by atoms with Gasteiger partial charge in [0.15, 0.2) is 0 Å². The predicted octanol–water partition coefficient (Wildman–Crippen LogP) is 3.75. The van der Waals surface area contributed by atoms with Gasteiger partial charge in [0.2, 0.25) is 0 Å². The molecule has 1 aliphatic rings. The predicted molar refractivity (Wildman–Crippen MR) is 91.9 cm³/mol. The van der Waals surface area contributed by atoms with Crippen LogP contribution in [-0.4, -0.2) is 18.7 Å². The molecule has 2 amide bonds. The number of para-hydroxylation sites is 1. The molecule has 3 rings (SSSR count). The second-order valence-corrected chi connectivity index (χ2v) is 6.00. The molecule has 4 heteroatoms. The maximum atomic E-state index is 12.4. The molecule has 1 heterocycles. The second kappa shape index (κ2) is 6.73. The van der Waals surface area contributed by atoms with Crippen molar-refractivity contribution in [2.24, 2.45) is 0 Å². The molecular weight excluding hydrogens is 288 g/mol. The molecule has 0 saturated carbocycles. The van der Waals surface area contributed by atoms with Crippen molar-refractivity contribution in [3.05, 3.63) is 59.7 Å². The molecule has 23 heavy (non-hydrogen) atoms. The third-order valence-corrected chi connectivity index (χ3v) is 3.85. The van der Waals surface area contributed by atoms with Gasteiger partial charge in [-0.2, -0.15) is 0 Å². The Balaban J connectivity index is 1.62. The minimum atomic E-state index is -0.0508. The molecule has 0 aromatic heterocycles. The Morgan fingerprint density at radius 3 is 2.87 bits per heavy atom. The summed E-state index contributed by atoms with van der Waals surface area (Å²) in [7, 11) is 0. The van der Waals surface area contributed by atoms with Gasteiger partial charge in [-0.1, -0.05) is 30.3 Å². The topological polar surface area (TPSA) is 41.6 Å². The third-order valence-electron chi connectivity index (χ3n) is 3.85. The van der Waals surface area contributed by atoms with Crippen molar-refractivity contribution in [1.82, 2.24) is 5.32 Å². The third kappa shape index (κ3) is 3.65. The normalized spacial score (nSPS) is 13.1. The fraction of sp³-hybridized carbons (Fsp3) is 0.316. The van der Waals surface area contributed by atoms with Gasteiger partial charge >= 0.3 is 6.03 Å². The van der Waals surface area contributed by atoms with Crippen molar-refractivity contribution in [2.45, 2.75) is 32.9 Å². The first kappa shape index (κ1) is 15.4. The molecule has 2 aromatic rings. The number of hydrogen-bond acceptors (Lipinski definition) is 2. The first-order valence-electron chi connectivity index (χ1n) is 8.02. The van der Waals surface area contributed by atoms with Gasteiger partial charge in [0, 0.05) is 18.8 Å². The molecule has 0 radical (unpaired) electrons. The first-order valence-corrected chi connectivity index (χ1v) is 8.02. The van der Waals surface area contributed by atoms with Gasteiger partial charge < -0.3 is 10.1 Å². The number of benzene rings is 2. The van der Waals surface area contributed by atoms with E-state index >= 15 is 0 Å². The van der Waals surface area contributed by atoms with E-state index in [1.165, 1.54) is 5.56 Å². The van der Waals surface area contributed by atoms with Crippen LogP contribution >= 0.6 is 0 Å². The summed E-state index contributed by atoms with van der Waals surface area (Å²) in [4.78, 5) is 14.2. The van der Waals surface area contributed by atoms with Crippen LogP contribution in [0.3, 0.4) is 0 Å². The number of nitrogens with zero attached hydrogens (tertiary/aromatic N) is 1. The molecule has 0 bridgehead atoms. The first-order chi connectivity index (χ1) is 11.1. The number of nitrogens with one attached hydrogen (secondary N) is 1. The van der Waals surface area contributed by atoms with Crippen molar-refractivity contribution in [1.29, 1.82) is 0 Å². The zero-order valence-corrected chi connectivity index (χ0v) is 13.6. The van der Waals surface area contributed by atoms with Crippen LogP contribution in [0.25, 0.3) is 0 Å². The number of amides is 2. The highest BCUT2D eigenvalue weighted by molar-refractivity contribution is 5.94. The SMILES string of the molecule is CC(C)Oc1cccc(CNC(=O)N2CCc3ccccc32)c1. The smallest absolute Gasteiger partial charge is 0.322 e. The van der Waals surface area contributed by atoms with E-state index in [9.17, 15) is 4.79 Å². The number of urea groups is 1. The van der Waals surface area contributed by atoms with Crippen LogP contribution in [-0.2, 0) is 13.0 Å². The Morgan fingerprint density at radius 1 is 1.22 bits per heavy atom. The van der Waals surface area contributed by atoms with Gasteiger partial charge in [0.05, 0.1) is 6.10 Å². The van der Waals surface area contributed by atoms with Gasteiger partial charge in [-0.15, -0.1) is 0 Å². The highest BCUT2D eigenvalue weighted by Crippen LogP contribution is 2.27. The van der Waals surface area contributed by atoms with E-state index in [0.717, 1.165) is 30.0 Å². The average molecular weight is 310 g/mol. The van der Waals surface area contributed by atoms with Crippen molar-refractivity contribution in [3.8, 4) is 5.75 Å². The van der Waals surface area contributed by atoms with Gasteiger partial charge in [-0.05, 0) is 49.6 Å². The van der Waals surface area contributed by atoms with Gasteiger partial charge in [0.25, 0.3) is 0 Å². The lowest BCUT2D eigenvalue weighted by atomic mass is 10.2. The van der Waals surface area contributed by atoms with Crippen molar-refractivity contribution >= 4 is 11.7 Å². The van der Waals surface area contributed by atoms with E-state index in [0.29, 0.717) is 6.54 Å². The van der Waals surface area contributed by atoms with E-state index < -0.39 is 0 Å². The average Bonchev–Trinajstić information content (AvgIpc) is 2.96. The molecule has 1 N–H and O–H groups in total. The molecule has 120 valence electrons. The molecule has 0 aliphatic carbocycles. The molecule has 4 nitrogen and oxygen atoms in total. The summed E-state index contributed by atoms with van der Waals surface area (Å²) in [6.45, 7) is 5.23. The molecule has 2 aromatic carbocycles. The van der Waals surface area contributed by atoms with E-state index in [-0.39, 0.29) is 12.1 Å². The van der Waals surface area contributed by atoms with Crippen LogP contribution in [0.2, 0.25) is 0 Å². The number of carbonyl (C=O) groups excluding carboxylic acids is 1. The standard InChI is InChI=1S/C19H22N2O2/c1-14(2)23-17-8-5-6-15(12-17)13-20-19(22)21-11-10-16-7-3-4-9-18(16)21/h3-9,12,14H,10-11,13H2,1-2H3,(H,20,22). The monoisotopic (exact) mass is 310 g/mol. The highest BCUT2D eigenvalue weighted by Gasteiger charge is 2.23. The number of fused-ring (bicyclic) bond motifs is 1. The summed E-state index contributed by atoms with van der Waals surface area (Å²) in [5.74, 6) is 0.832. The summed E-state index contributed by atoms with van der Waals surface area (Å²) in [5, 5.41) is 2.99. The number of anilines is 1. The van der Waals surface area contributed by atoms with Crippen LogP contribution in [0.15, 0.2) is 48.5 Å². The van der Waals surface area contributed by atoms with E-state index in [1.807, 2.05) is 61.2 Å². The Morgan fingerprint density at radius 2 is 2.04 bits per heavy atom. The highest BCUT2D eigenvalue weighted by atomic mass is 16.5. The van der Waals surface area contributed by atoms with Crippen LogP contribution in [0, 0.1) is 0 Å². The fourth-order valence-corrected chi connectivity index (χ4v) is 2.82. The Kier molecular flexibility index (Phi) is 4.51. The summed E-state index contributed by atoms with van der Waals surface area (Å²) >= 11 is 0. The van der Waals surface area contributed by atoms with Crippen molar-refractivity contribution in [3.63, 3.8) is 0 Å². The minimum Gasteiger partial charge on any atom is -0.491 e. The van der Waals surface area contributed by atoms with Gasteiger partial charge in [-0.3, -0.25) is 4.90 Å². The summed E-state index contributed by atoms with van der Waals surface area (Å²) in [6, 6.07) is 15.9. The van der Waals surface area contributed by atoms with E-state index in [1.54, 1.807) is 0 Å². The Hall–Kier alpha value is -2.49. The maximum absolute atomic E-state index is 12.4. The molecule has 0 fully saturated rings. The Bertz CT molecular complexity index is 697. The molecule has 0 saturated heterocycles. The number of carbonyl (C=O) groups is 1. The Labute approximate surface area is 137 Å². The minimum absolute atomic E-state index is 0.0508. The summed E-state index contributed by atoms with van der Waals surface area (Å²) < 4.78 is 5.68. The second-order valence-electron chi connectivity index (χ2n) is 6.00. The summed E-state index contributed by atoms with van der Waals surface area (Å²) in [5.41, 5.74) is 3.28. The maximum Gasteiger partial charge on any atom is 0.322 e. The lowest BCUT2D eigenvalue weighted by molar-refractivity contribution is 0.241.